The van der Waals surface area contributed by atoms with E-state index in [1.807, 2.05) is 4.57 Å². The zero-order valence-corrected chi connectivity index (χ0v) is 11.1. The van der Waals surface area contributed by atoms with Crippen molar-refractivity contribution in [1.29, 1.82) is 0 Å². The number of thioether (sulfide) groups is 1. The van der Waals surface area contributed by atoms with Gasteiger partial charge >= 0.3 is 0 Å². The molecule has 0 bridgehead atoms. The molecule has 0 spiro atoms. The van der Waals surface area contributed by atoms with Crippen molar-refractivity contribution in [2.45, 2.75) is 11.7 Å². The van der Waals surface area contributed by atoms with Crippen LogP contribution in [-0.4, -0.2) is 33.2 Å². The Kier molecular flexibility index (Phi) is 2.56. The van der Waals surface area contributed by atoms with Gasteiger partial charge in [-0.2, -0.15) is 0 Å². The molecule has 0 saturated heterocycles. The van der Waals surface area contributed by atoms with Crippen LogP contribution in [-0.2, 0) is 6.54 Å². The molecule has 1 N–H and O–H groups in total. The minimum Gasteiger partial charge on any atom is -0.454 e. The predicted molar refractivity (Wildman–Crippen MR) is 71.3 cm³/mol. The second-order valence-corrected chi connectivity index (χ2v) is 5.39. The van der Waals surface area contributed by atoms with E-state index in [9.17, 15) is 4.79 Å². The fourth-order valence-corrected chi connectivity index (χ4v) is 3.02. The molecule has 102 valence electrons. The SMILES string of the molecule is O=C(Nc1nnc2n1CCS2)c1ccc2c(c1)OCO2. The van der Waals surface area contributed by atoms with E-state index in [1.54, 1.807) is 30.0 Å². The van der Waals surface area contributed by atoms with Crippen molar-refractivity contribution in [3.63, 3.8) is 0 Å². The summed E-state index contributed by atoms with van der Waals surface area (Å²) < 4.78 is 12.4. The van der Waals surface area contributed by atoms with Gasteiger partial charge in [-0.1, -0.05) is 11.8 Å². The van der Waals surface area contributed by atoms with E-state index in [0.29, 0.717) is 23.0 Å². The number of ether oxygens (including phenoxy) is 2. The monoisotopic (exact) mass is 290 g/mol. The molecular formula is C12H10N4O3S. The van der Waals surface area contributed by atoms with Crippen molar-refractivity contribution in [2.24, 2.45) is 0 Å². The maximum absolute atomic E-state index is 12.2. The predicted octanol–water partition coefficient (Wildman–Crippen LogP) is 1.36. The minimum absolute atomic E-state index is 0.190. The molecule has 7 nitrogen and oxygen atoms in total. The summed E-state index contributed by atoms with van der Waals surface area (Å²) in [5, 5.41) is 11.6. The lowest BCUT2D eigenvalue weighted by molar-refractivity contribution is 0.102. The number of aromatic nitrogens is 3. The van der Waals surface area contributed by atoms with E-state index in [4.69, 9.17) is 9.47 Å². The second-order valence-electron chi connectivity index (χ2n) is 4.33. The van der Waals surface area contributed by atoms with E-state index in [-0.39, 0.29) is 12.7 Å². The Morgan fingerprint density at radius 3 is 3.15 bits per heavy atom. The Bertz CT molecular complexity index is 700. The van der Waals surface area contributed by atoms with Crippen molar-refractivity contribution in [3.05, 3.63) is 23.8 Å². The van der Waals surface area contributed by atoms with Crippen molar-refractivity contribution in [2.75, 3.05) is 17.9 Å². The number of rotatable bonds is 2. The van der Waals surface area contributed by atoms with Gasteiger partial charge in [0.05, 0.1) is 0 Å². The van der Waals surface area contributed by atoms with Gasteiger partial charge in [-0.3, -0.25) is 14.7 Å². The zero-order valence-electron chi connectivity index (χ0n) is 10.3. The highest BCUT2D eigenvalue weighted by Gasteiger charge is 2.21. The summed E-state index contributed by atoms with van der Waals surface area (Å²) in [4.78, 5) is 12.2. The molecule has 8 heteroatoms. The van der Waals surface area contributed by atoms with Gasteiger partial charge in [-0.05, 0) is 18.2 Å². The summed E-state index contributed by atoms with van der Waals surface area (Å²) in [6.07, 6.45) is 0. The van der Waals surface area contributed by atoms with E-state index in [1.165, 1.54) is 0 Å². The van der Waals surface area contributed by atoms with E-state index < -0.39 is 0 Å². The first-order chi connectivity index (χ1) is 9.81. The molecule has 4 rings (SSSR count). The van der Waals surface area contributed by atoms with E-state index >= 15 is 0 Å². The quantitative estimate of drug-likeness (QED) is 0.900. The summed E-state index contributed by atoms with van der Waals surface area (Å²) in [6.45, 7) is 0.999. The fourth-order valence-electron chi connectivity index (χ4n) is 2.13. The Hall–Kier alpha value is -2.22. The number of hydrogen-bond acceptors (Lipinski definition) is 6. The lowest BCUT2D eigenvalue weighted by Crippen LogP contribution is -2.15. The van der Waals surface area contributed by atoms with Crippen LogP contribution in [0.1, 0.15) is 10.4 Å². The van der Waals surface area contributed by atoms with Crippen LogP contribution in [0.4, 0.5) is 5.95 Å². The van der Waals surface area contributed by atoms with Crippen LogP contribution in [0.25, 0.3) is 0 Å². The molecule has 1 aromatic heterocycles. The van der Waals surface area contributed by atoms with Crippen LogP contribution in [0.15, 0.2) is 23.4 Å². The van der Waals surface area contributed by atoms with Crippen LogP contribution in [0.2, 0.25) is 0 Å². The highest BCUT2D eigenvalue weighted by Crippen LogP contribution is 2.33. The lowest BCUT2D eigenvalue weighted by Gasteiger charge is -2.05. The molecule has 2 aliphatic rings. The molecule has 0 radical (unpaired) electrons. The molecule has 1 amide bonds. The van der Waals surface area contributed by atoms with Crippen LogP contribution in [0, 0.1) is 0 Å². The average molecular weight is 290 g/mol. The summed E-state index contributed by atoms with van der Waals surface area (Å²) in [5.74, 6) is 2.43. The summed E-state index contributed by atoms with van der Waals surface area (Å²) in [7, 11) is 0. The van der Waals surface area contributed by atoms with Gasteiger partial charge in [0, 0.05) is 17.9 Å². The Morgan fingerprint density at radius 2 is 2.20 bits per heavy atom. The second kappa shape index (κ2) is 4.41. The maximum atomic E-state index is 12.2. The molecule has 0 aliphatic carbocycles. The van der Waals surface area contributed by atoms with Crippen molar-refractivity contribution in [3.8, 4) is 11.5 Å². The number of anilines is 1. The minimum atomic E-state index is -0.240. The topological polar surface area (TPSA) is 78.3 Å². The summed E-state index contributed by atoms with van der Waals surface area (Å²) in [5.41, 5.74) is 0.497. The first kappa shape index (κ1) is 11.6. The third-order valence-corrected chi connectivity index (χ3v) is 4.07. The van der Waals surface area contributed by atoms with Gasteiger partial charge in [0.1, 0.15) is 0 Å². The van der Waals surface area contributed by atoms with Gasteiger partial charge in [-0.15, -0.1) is 10.2 Å². The Morgan fingerprint density at radius 1 is 1.30 bits per heavy atom. The Balaban J connectivity index is 1.58. The highest BCUT2D eigenvalue weighted by molar-refractivity contribution is 7.99. The average Bonchev–Trinajstić information content (AvgIpc) is 3.14. The van der Waals surface area contributed by atoms with E-state index in [0.717, 1.165) is 17.5 Å². The number of carbonyl (C=O) groups excluding carboxylic acids is 1. The molecule has 3 heterocycles. The van der Waals surface area contributed by atoms with Crippen LogP contribution < -0.4 is 14.8 Å². The third-order valence-electron chi connectivity index (χ3n) is 3.12. The third kappa shape index (κ3) is 1.80. The molecule has 2 aromatic rings. The first-order valence-electron chi connectivity index (χ1n) is 6.08. The maximum Gasteiger partial charge on any atom is 0.258 e. The number of hydrogen-bond donors (Lipinski definition) is 1. The number of nitrogens with one attached hydrogen (secondary N) is 1. The zero-order chi connectivity index (χ0) is 13.5. The molecule has 2 aliphatic heterocycles. The van der Waals surface area contributed by atoms with E-state index in [2.05, 4.69) is 15.5 Å². The molecular weight excluding hydrogens is 280 g/mol. The molecule has 0 saturated carbocycles. The number of fused-ring (bicyclic) bond motifs is 2. The van der Waals surface area contributed by atoms with Crippen molar-refractivity contribution >= 4 is 23.6 Å². The van der Waals surface area contributed by atoms with Gasteiger partial charge in [0.15, 0.2) is 16.7 Å². The van der Waals surface area contributed by atoms with Gasteiger partial charge in [0.25, 0.3) is 5.91 Å². The molecule has 20 heavy (non-hydrogen) atoms. The highest BCUT2D eigenvalue weighted by atomic mass is 32.2. The van der Waals surface area contributed by atoms with Crippen LogP contribution in [0.3, 0.4) is 0 Å². The summed E-state index contributed by atoms with van der Waals surface area (Å²) >= 11 is 1.63. The van der Waals surface area contributed by atoms with Crippen LogP contribution >= 0.6 is 11.8 Å². The number of carbonyl (C=O) groups is 1. The van der Waals surface area contributed by atoms with Gasteiger partial charge < -0.3 is 9.47 Å². The van der Waals surface area contributed by atoms with Crippen molar-refractivity contribution in [1.82, 2.24) is 14.8 Å². The lowest BCUT2D eigenvalue weighted by atomic mass is 10.2. The Labute approximate surface area is 118 Å². The smallest absolute Gasteiger partial charge is 0.258 e. The molecule has 0 atom stereocenters. The fraction of sp³-hybridized carbons (Fsp3) is 0.250. The van der Waals surface area contributed by atoms with Gasteiger partial charge in [0.2, 0.25) is 12.7 Å². The molecule has 0 unspecified atom stereocenters. The molecule has 1 aromatic carbocycles. The van der Waals surface area contributed by atoms with Crippen molar-refractivity contribution < 1.29 is 14.3 Å². The largest absolute Gasteiger partial charge is 0.454 e. The van der Waals surface area contributed by atoms with Crippen LogP contribution in [0.5, 0.6) is 11.5 Å². The number of nitrogens with zero attached hydrogens (tertiary/aromatic N) is 3. The number of benzene rings is 1. The number of amides is 1. The van der Waals surface area contributed by atoms with Gasteiger partial charge in [-0.25, -0.2) is 0 Å². The summed E-state index contributed by atoms with van der Waals surface area (Å²) in [6, 6.07) is 5.08. The standard InChI is InChI=1S/C12H10N4O3S/c17-10(7-1-2-8-9(5-7)19-6-18-8)13-11-14-15-12-16(11)3-4-20-12/h1-2,5H,3-4,6H2,(H,13,14,17). The first-order valence-corrected chi connectivity index (χ1v) is 7.07. The normalized spacial score (nSPS) is 15.2. The molecule has 0 fully saturated rings.